The lowest BCUT2D eigenvalue weighted by molar-refractivity contribution is -0.123. The van der Waals surface area contributed by atoms with Crippen molar-refractivity contribution >= 4 is 39.1 Å². The Labute approximate surface area is 165 Å². The molecule has 0 aliphatic rings. The van der Waals surface area contributed by atoms with Crippen LogP contribution in [-0.2, 0) is 19.6 Å². The SMILES string of the molecule is CC(C)NC(=O)CN(C)CCC(=O)Nc1cc(S(=O)(=O)N(C)C)ccc1Cl. The van der Waals surface area contributed by atoms with Gasteiger partial charge in [-0.25, -0.2) is 12.7 Å². The smallest absolute Gasteiger partial charge is 0.242 e. The van der Waals surface area contributed by atoms with E-state index in [-0.39, 0.29) is 46.4 Å². The van der Waals surface area contributed by atoms with E-state index in [1.54, 1.807) is 11.9 Å². The van der Waals surface area contributed by atoms with Crippen molar-refractivity contribution in [1.82, 2.24) is 14.5 Å². The predicted octanol–water partition coefficient (Wildman–Crippen LogP) is 1.38. The lowest BCUT2D eigenvalue weighted by Gasteiger charge is -2.17. The van der Waals surface area contributed by atoms with Crippen LogP contribution in [-0.4, -0.2) is 69.7 Å². The molecule has 0 spiro atoms. The lowest BCUT2D eigenvalue weighted by atomic mass is 10.3. The molecule has 1 aromatic rings. The van der Waals surface area contributed by atoms with Crippen molar-refractivity contribution in [3.63, 3.8) is 0 Å². The fourth-order valence-electron chi connectivity index (χ4n) is 2.17. The molecular formula is C17H27ClN4O4S. The highest BCUT2D eigenvalue weighted by atomic mass is 35.5. The van der Waals surface area contributed by atoms with Crippen LogP contribution >= 0.6 is 11.6 Å². The molecule has 0 saturated heterocycles. The number of rotatable bonds is 9. The molecule has 0 heterocycles. The van der Waals surface area contributed by atoms with Crippen LogP contribution in [0.5, 0.6) is 0 Å². The molecule has 1 rings (SSSR count). The fourth-order valence-corrected chi connectivity index (χ4v) is 3.26. The zero-order valence-corrected chi connectivity index (χ0v) is 17.8. The molecule has 0 radical (unpaired) electrons. The van der Waals surface area contributed by atoms with Crippen molar-refractivity contribution in [3.8, 4) is 0 Å². The Bertz CT molecular complexity index is 781. The molecular weight excluding hydrogens is 392 g/mol. The molecule has 2 N–H and O–H groups in total. The van der Waals surface area contributed by atoms with E-state index in [1.165, 1.54) is 32.3 Å². The number of nitrogens with zero attached hydrogens (tertiary/aromatic N) is 2. The van der Waals surface area contributed by atoms with Crippen molar-refractivity contribution in [2.24, 2.45) is 0 Å². The number of carbonyl (C=O) groups is 2. The second kappa shape index (κ2) is 10.0. The molecule has 8 nitrogen and oxygen atoms in total. The minimum absolute atomic E-state index is 0.0367. The Morgan fingerprint density at radius 1 is 1.15 bits per heavy atom. The number of amides is 2. The van der Waals surface area contributed by atoms with Crippen LogP contribution in [0.4, 0.5) is 5.69 Å². The normalized spacial score (nSPS) is 11.9. The average molecular weight is 419 g/mol. The summed E-state index contributed by atoms with van der Waals surface area (Å²) in [5.74, 6) is -0.440. The van der Waals surface area contributed by atoms with E-state index in [9.17, 15) is 18.0 Å². The van der Waals surface area contributed by atoms with Gasteiger partial charge >= 0.3 is 0 Å². The Morgan fingerprint density at radius 2 is 1.78 bits per heavy atom. The third kappa shape index (κ3) is 7.45. The van der Waals surface area contributed by atoms with Crippen molar-refractivity contribution in [1.29, 1.82) is 0 Å². The summed E-state index contributed by atoms with van der Waals surface area (Å²) in [5.41, 5.74) is 0.227. The van der Waals surface area contributed by atoms with E-state index in [0.717, 1.165) is 4.31 Å². The van der Waals surface area contributed by atoms with Crippen molar-refractivity contribution < 1.29 is 18.0 Å². The molecule has 0 saturated carbocycles. The van der Waals surface area contributed by atoms with E-state index in [2.05, 4.69) is 10.6 Å². The van der Waals surface area contributed by atoms with Gasteiger partial charge in [-0.2, -0.15) is 0 Å². The predicted molar refractivity (Wildman–Crippen MR) is 106 cm³/mol. The number of nitrogens with one attached hydrogen (secondary N) is 2. The van der Waals surface area contributed by atoms with Crippen LogP contribution in [0.3, 0.4) is 0 Å². The quantitative estimate of drug-likeness (QED) is 0.631. The Hall–Kier alpha value is -1.68. The first-order chi connectivity index (χ1) is 12.4. The molecule has 0 atom stereocenters. The summed E-state index contributed by atoms with van der Waals surface area (Å²) in [6, 6.07) is 4.20. The molecule has 0 aliphatic heterocycles. The van der Waals surface area contributed by atoms with Gasteiger partial charge in [-0.3, -0.25) is 14.5 Å². The zero-order valence-electron chi connectivity index (χ0n) is 16.2. The Morgan fingerprint density at radius 3 is 2.33 bits per heavy atom. The van der Waals surface area contributed by atoms with Crippen LogP contribution in [0.15, 0.2) is 23.1 Å². The number of benzene rings is 1. The van der Waals surface area contributed by atoms with Gasteiger partial charge in [0.2, 0.25) is 21.8 Å². The summed E-state index contributed by atoms with van der Waals surface area (Å²) < 4.78 is 25.5. The standard InChI is InChI=1S/C17H27ClN4O4S/c1-12(2)19-17(24)11-22(5)9-8-16(23)20-15-10-13(6-7-14(15)18)27(25,26)21(3)4/h6-7,10,12H,8-9,11H2,1-5H3,(H,19,24)(H,20,23). The number of sulfonamides is 1. The largest absolute Gasteiger partial charge is 0.353 e. The highest BCUT2D eigenvalue weighted by molar-refractivity contribution is 7.89. The van der Waals surface area contributed by atoms with Crippen LogP contribution in [0.25, 0.3) is 0 Å². The monoisotopic (exact) mass is 418 g/mol. The van der Waals surface area contributed by atoms with Gasteiger partial charge in [-0.05, 0) is 39.1 Å². The zero-order chi connectivity index (χ0) is 20.8. The van der Waals surface area contributed by atoms with Gasteiger partial charge in [-0.1, -0.05) is 11.6 Å². The first-order valence-corrected chi connectivity index (χ1v) is 10.2. The Balaban J connectivity index is 2.68. The van der Waals surface area contributed by atoms with Crippen LogP contribution < -0.4 is 10.6 Å². The second-order valence-corrected chi connectivity index (χ2v) is 9.25. The minimum Gasteiger partial charge on any atom is -0.353 e. The maximum Gasteiger partial charge on any atom is 0.242 e. The van der Waals surface area contributed by atoms with E-state index >= 15 is 0 Å². The molecule has 10 heteroatoms. The molecule has 0 bridgehead atoms. The van der Waals surface area contributed by atoms with E-state index in [4.69, 9.17) is 11.6 Å². The molecule has 27 heavy (non-hydrogen) atoms. The highest BCUT2D eigenvalue weighted by Crippen LogP contribution is 2.26. The summed E-state index contributed by atoms with van der Waals surface area (Å²) in [7, 11) is 0.958. The Kier molecular flexibility index (Phi) is 8.67. The second-order valence-electron chi connectivity index (χ2n) is 6.69. The lowest BCUT2D eigenvalue weighted by Crippen LogP contribution is -2.39. The fraction of sp³-hybridized carbons (Fsp3) is 0.529. The number of hydrogen-bond acceptors (Lipinski definition) is 5. The van der Waals surface area contributed by atoms with Gasteiger partial charge < -0.3 is 10.6 Å². The number of likely N-dealkylation sites (N-methyl/N-ethyl adjacent to an activating group) is 1. The summed E-state index contributed by atoms with van der Waals surface area (Å²) >= 11 is 6.06. The van der Waals surface area contributed by atoms with Gasteiger partial charge in [0.1, 0.15) is 0 Å². The molecule has 0 fully saturated rings. The number of anilines is 1. The first-order valence-electron chi connectivity index (χ1n) is 8.43. The number of carbonyl (C=O) groups excluding carboxylic acids is 2. The summed E-state index contributed by atoms with van der Waals surface area (Å²) in [6.45, 7) is 4.30. The topological polar surface area (TPSA) is 98.8 Å². The number of halogens is 1. The van der Waals surface area contributed by atoms with Crippen molar-refractivity contribution in [3.05, 3.63) is 23.2 Å². The van der Waals surface area contributed by atoms with E-state index in [1.807, 2.05) is 13.8 Å². The van der Waals surface area contributed by atoms with E-state index in [0.29, 0.717) is 6.54 Å². The highest BCUT2D eigenvalue weighted by Gasteiger charge is 2.19. The van der Waals surface area contributed by atoms with Crippen LogP contribution in [0.1, 0.15) is 20.3 Å². The molecule has 0 aliphatic carbocycles. The van der Waals surface area contributed by atoms with Crippen molar-refractivity contribution in [2.45, 2.75) is 31.2 Å². The maximum absolute atomic E-state index is 12.2. The van der Waals surface area contributed by atoms with Gasteiger partial charge in [0.25, 0.3) is 0 Å². The first kappa shape index (κ1) is 23.4. The molecule has 152 valence electrons. The van der Waals surface area contributed by atoms with Gasteiger partial charge in [-0.15, -0.1) is 0 Å². The van der Waals surface area contributed by atoms with Gasteiger partial charge in [0.15, 0.2) is 0 Å². The molecule has 2 amide bonds. The van der Waals surface area contributed by atoms with Gasteiger partial charge in [0, 0.05) is 33.1 Å². The molecule has 0 aromatic heterocycles. The van der Waals surface area contributed by atoms with E-state index < -0.39 is 10.0 Å². The number of hydrogen-bond donors (Lipinski definition) is 2. The third-order valence-corrected chi connectivity index (χ3v) is 5.71. The van der Waals surface area contributed by atoms with Crippen LogP contribution in [0, 0.1) is 0 Å². The molecule has 1 aromatic carbocycles. The average Bonchev–Trinajstić information content (AvgIpc) is 2.53. The van der Waals surface area contributed by atoms with Gasteiger partial charge in [0.05, 0.1) is 22.2 Å². The minimum atomic E-state index is -3.63. The summed E-state index contributed by atoms with van der Waals surface area (Å²) in [4.78, 5) is 25.6. The summed E-state index contributed by atoms with van der Waals surface area (Å²) in [5, 5.41) is 5.64. The third-order valence-electron chi connectivity index (χ3n) is 3.57. The maximum atomic E-state index is 12.2. The van der Waals surface area contributed by atoms with Crippen LogP contribution in [0.2, 0.25) is 5.02 Å². The summed E-state index contributed by atoms with van der Waals surface area (Å²) in [6.07, 6.45) is 0.131. The van der Waals surface area contributed by atoms with Crippen molar-refractivity contribution in [2.75, 3.05) is 39.5 Å². The molecule has 0 unspecified atom stereocenters.